The second kappa shape index (κ2) is 12.2. The Labute approximate surface area is 102 Å². The summed E-state index contributed by atoms with van der Waals surface area (Å²) in [7, 11) is 6.16. The van der Waals surface area contributed by atoms with Crippen molar-refractivity contribution in [3.05, 3.63) is 0 Å². The van der Waals surface area contributed by atoms with Crippen LogP contribution in [0.5, 0.6) is 0 Å². The van der Waals surface area contributed by atoms with Crippen molar-refractivity contribution in [2.24, 2.45) is 0 Å². The lowest BCUT2D eigenvalue weighted by molar-refractivity contribution is -0.201. The molecule has 0 aliphatic rings. The zero-order valence-corrected chi connectivity index (χ0v) is 10.8. The molecule has 0 atom stereocenters. The molecule has 0 rings (SSSR count). The highest BCUT2D eigenvalue weighted by atomic mass is 16.8. The minimum Gasteiger partial charge on any atom is -0.354 e. The van der Waals surface area contributed by atoms with Crippen molar-refractivity contribution >= 4 is 0 Å². The standard InChI is InChI=1S/C10H22O7/c1-11-9(12-2)5-15-7-17-8-16-6-10(13-3)14-4/h9-10H,5-8H2,1-4H3. The van der Waals surface area contributed by atoms with E-state index in [2.05, 4.69) is 0 Å². The predicted octanol–water partition coefficient (Wildman–Crippen LogP) is 0.189. The van der Waals surface area contributed by atoms with Crippen LogP contribution in [0.1, 0.15) is 0 Å². The van der Waals surface area contributed by atoms with Crippen LogP contribution < -0.4 is 0 Å². The predicted molar refractivity (Wildman–Crippen MR) is 58.3 cm³/mol. The van der Waals surface area contributed by atoms with Crippen LogP contribution in [0.2, 0.25) is 0 Å². The van der Waals surface area contributed by atoms with E-state index in [1.807, 2.05) is 0 Å². The smallest absolute Gasteiger partial charge is 0.180 e. The lowest BCUT2D eigenvalue weighted by Gasteiger charge is -2.15. The van der Waals surface area contributed by atoms with Crippen LogP contribution in [-0.4, -0.2) is 67.8 Å². The van der Waals surface area contributed by atoms with Gasteiger partial charge in [-0.3, -0.25) is 0 Å². The van der Waals surface area contributed by atoms with Gasteiger partial charge in [-0.05, 0) is 0 Å². The molecule has 17 heavy (non-hydrogen) atoms. The summed E-state index contributed by atoms with van der Waals surface area (Å²) in [5, 5.41) is 0. The van der Waals surface area contributed by atoms with Crippen molar-refractivity contribution in [1.29, 1.82) is 0 Å². The van der Waals surface area contributed by atoms with Gasteiger partial charge < -0.3 is 33.2 Å². The minimum absolute atomic E-state index is 0.105. The number of rotatable bonds is 12. The second-order valence-corrected chi connectivity index (χ2v) is 2.98. The lowest BCUT2D eigenvalue weighted by Crippen LogP contribution is -2.23. The molecule has 0 spiro atoms. The van der Waals surface area contributed by atoms with E-state index >= 15 is 0 Å². The third kappa shape index (κ3) is 9.42. The van der Waals surface area contributed by atoms with Gasteiger partial charge in [0.25, 0.3) is 0 Å². The number of ether oxygens (including phenoxy) is 7. The van der Waals surface area contributed by atoms with E-state index in [4.69, 9.17) is 33.2 Å². The van der Waals surface area contributed by atoms with Gasteiger partial charge in [-0.25, -0.2) is 0 Å². The first kappa shape index (κ1) is 16.7. The summed E-state index contributed by atoms with van der Waals surface area (Å²) in [4.78, 5) is 0. The molecular formula is C10H22O7. The van der Waals surface area contributed by atoms with Crippen molar-refractivity contribution < 1.29 is 33.2 Å². The van der Waals surface area contributed by atoms with Crippen LogP contribution >= 0.6 is 0 Å². The van der Waals surface area contributed by atoms with Crippen LogP contribution in [0.15, 0.2) is 0 Å². The van der Waals surface area contributed by atoms with E-state index in [9.17, 15) is 0 Å². The number of hydrogen-bond acceptors (Lipinski definition) is 7. The molecule has 0 aromatic rings. The van der Waals surface area contributed by atoms with Crippen LogP contribution in [0.3, 0.4) is 0 Å². The average Bonchev–Trinajstić information content (AvgIpc) is 2.37. The van der Waals surface area contributed by atoms with Gasteiger partial charge in [-0.15, -0.1) is 0 Å². The molecule has 0 N–H and O–H groups in total. The summed E-state index contributed by atoms with van der Waals surface area (Å²) in [5.74, 6) is 0. The number of hydrogen-bond donors (Lipinski definition) is 0. The van der Waals surface area contributed by atoms with Crippen molar-refractivity contribution in [3.63, 3.8) is 0 Å². The first-order chi connectivity index (χ1) is 8.28. The summed E-state index contributed by atoms with van der Waals surface area (Å²) in [6, 6.07) is 0. The minimum atomic E-state index is -0.383. The molecule has 0 amide bonds. The summed E-state index contributed by atoms with van der Waals surface area (Å²) < 4.78 is 35.0. The first-order valence-electron chi connectivity index (χ1n) is 5.12. The molecule has 0 aliphatic heterocycles. The maximum Gasteiger partial charge on any atom is 0.180 e. The molecule has 0 heterocycles. The van der Waals surface area contributed by atoms with Gasteiger partial charge in [0.05, 0.1) is 0 Å². The second-order valence-electron chi connectivity index (χ2n) is 2.98. The molecule has 0 saturated carbocycles. The van der Waals surface area contributed by atoms with Crippen LogP contribution in [-0.2, 0) is 33.2 Å². The third-order valence-electron chi connectivity index (χ3n) is 1.89. The van der Waals surface area contributed by atoms with Gasteiger partial charge in [-0.2, -0.15) is 0 Å². The SMILES string of the molecule is COC(COCOCOCC(OC)OC)OC. The monoisotopic (exact) mass is 254 g/mol. The summed E-state index contributed by atoms with van der Waals surface area (Å²) >= 11 is 0. The highest BCUT2D eigenvalue weighted by Crippen LogP contribution is 1.94. The highest BCUT2D eigenvalue weighted by molar-refractivity contribution is 4.36. The van der Waals surface area contributed by atoms with E-state index in [0.717, 1.165) is 0 Å². The fourth-order valence-electron chi connectivity index (χ4n) is 0.905. The van der Waals surface area contributed by atoms with E-state index in [-0.39, 0.29) is 26.2 Å². The maximum absolute atomic E-state index is 5.12. The molecule has 0 fully saturated rings. The third-order valence-corrected chi connectivity index (χ3v) is 1.89. The van der Waals surface area contributed by atoms with E-state index in [1.54, 1.807) is 0 Å². The summed E-state index contributed by atoms with van der Waals surface area (Å²) in [5.41, 5.74) is 0. The molecule has 0 bridgehead atoms. The first-order valence-corrected chi connectivity index (χ1v) is 5.12. The Morgan fingerprint density at radius 3 is 1.24 bits per heavy atom. The molecule has 7 nitrogen and oxygen atoms in total. The molecule has 0 unspecified atom stereocenters. The molecule has 0 aromatic heterocycles. The van der Waals surface area contributed by atoms with Crippen LogP contribution in [0.4, 0.5) is 0 Å². The fourth-order valence-corrected chi connectivity index (χ4v) is 0.905. The zero-order valence-electron chi connectivity index (χ0n) is 10.8. The fraction of sp³-hybridized carbons (Fsp3) is 1.00. The Bertz CT molecular complexity index is 132. The van der Waals surface area contributed by atoms with E-state index in [1.165, 1.54) is 28.4 Å². The Morgan fingerprint density at radius 1 is 0.588 bits per heavy atom. The van der Waals surface area contributed by atoms with Gasteiger partial charge in [0.1, 0.15) is 26.8 Å². The largest absolute Gasteiger partial charge is 0.354 e. The quantitative estimate of drug-likeness (QED) is 0.364. The van der Waals surface area contributed by atoms with Crippen LogP contribution in [0.25, 0.3) is 0 Å². The summed E-state index contributed by atoms with van der Waals surface area (Å²) in [6.07, 6.45) is -0.767. The Hall–Kier alpha value is -0.280. The van der Waals surface area contributed by atoms with Gasteiger partial charge in [0.15, 0.2) is 12.6 Å². The Balaban J connectivity index is 3.23. The van der Waals surface area contributed by atoms with Gasteiger partial charge >= 0.3 is 0 Å². The molecule has 0 aliphatic carbocycles. The van der Waals surface area contributed by atoms with Crippen molar-refractivity contribution in [1.82, 2.24) is 0 Å². The van der Waals surface area contributed by atoms with Crippen molar-refractivity contribution in [2.75, 3.05) is 55.2 Å². The lowest BCUT2D eigenvalue weighted by atomic mass is 10.7. The molecule has 7 heteroatoms. The molecule has 104 valence electrons. The zero-order chi connectivity index (χ0) is 12.9. The maximum atomic E-state index is 5.12. The van der Waals surface area contributed by atoms with Gasteiger partial charge in [0, 0.05) is 28.4 Å². The van der Waals surface area contributed by atoms with Gasteiger partial charge in [0.2, 0.25) is 0 Å². The van der Waals surface area contributed by atoms with Gasteiger partial charge in [-0.1, -0.05) is 0 Å². The normalized spacial score (nSPS) is 11.6. The molecular weight excluding hydrogens is 232 g/mol. The Kier molecular flexibility index (Phi) is 12.0. The summed E-state index contributed by atoms with van der Waals surface area (Å²) in [6.45, 7) is 0.805. The van der Waals surface area contributed by atoms with E-state index < -0.39 is 0 Å². The molecule has 0 radical (unpaired) electrons. The molecule has 0 saturated heterocycles. The topological polar surface area (TPSA) is 64.6 Å². The molecule has 0 aromatic carbocycles. The highest BCUT2D eigenvalue weighted by Gasteiger charge is 2.05. The van der Waals surface area contributed by atoms with Crippen molar-refractivity contribution in [2.45, 2.75) is 12.6 Å². The van der Waals surface area contributed by atoms with Crippen LogP contribution in [0, 0.1) is 0 Å². The average molecular weight is 254 g/mol. The Morgan fingerprint density at radius 2 is 0.941 bits per heavy atom. The van der Waals surface area contributed by atoms with E-state index in [0.29, 0.717) is 13.2 Å². The van der Waals surface area contributed by atoms with Crippen molar-refractivity contribution in [3.8, 4) is 0 Å². The number of methoxy groups -OCH3 is 4.